The molecular weight excluding hydrogens is 407 g/mol. The maximum absolute atomic E-state index is 13.6. The lowest BCUT2D eigenvalue weighted by Crippen LogP contribution is -2.26. The van der Waals surface area contributed by atoms with Crippen LogP contribution in [0.15, 0.2) is 42.5 Å². The predicted molar refractivity (Wildman–Crippen MR) is 129 cm³/mol. The molecule has 31 heavy (non-hydrogen) atoms. The molecule has 2 rings (SSSR count). The van der Waals surface area contributed by atoms with Crippen LogP contribution in [0.2, 0.25) is 0 Å². The van der Waals surface area contributed by atoms with Gasteiger partial charge in [0, 0.05) is 5.56 Å². The number of benzene rings is 2. The molecule has 0 amide bonds. The molecule has 0 saturated carbocycles. The Morgan fingerprint density at radius 1 is 0.968 bits per heavy atom. The third-order valence-electron chi connectivity index (χ3n) is 5.27. The van der Waals surface area contributed by atoms with E-state index in [1.54, 1.807) is 0 Å². The molecule has 2 unspecified atom stereocenters. The van der Waals surface area contributed by atoms with E-state index in [4.69, 9.17) is 9.30 Å². The average molecular weight is 444 g/mol. The Morgan fingerprint density at radius 2 is 1.52 bits per heavy atom. The van der Waals surface area contributed by atoms with Gasteiger partial charge in [0.15, 0.2) is 5.78 Å². The van der Waals surface area contributed by atoms with Crippen LogP contribution in [0.1, 0.15) is 85.5 Å². The van der Waals surface area contributed by atoms with Gasteiger partial charge in [0.2, 0.25) is 0 Å². The van der Waals surface area contributed by atoms with Crippen LogP contribution in [0, 0.1) is 13.8 Å². The van der Waals surface area contributed by atoms with E-state index >= 15 is 0 Å². The highest BCUT2D eigenvalue weighted by Crippen LogP contribution is 2.31. The Balaban J connectivity index is 0.00000233. The standard InChI is InChI=1S/C26H34O3.H2OP/c1-7-8-12-15-29-25(28)23(20-13-10-9-11-14-20)24(27)22-18(2)16-21(17-19(22)3)26(4,5)6;1-2/h9-11,13-14,16-17,23H,7-8,12,15H2,1-6H3;2H2/q;+1. The lowest BCUT2D eigenvalue weighted by atomic mass is 9.81. The van der Waals surface area contributed by atoms with Gasteiger partial charge in [0.25, 0.3) is 0 Å². The number of ketones is 1. The number of esters is 1. The van der Waals surface area contributed by atoms with Gasteiger partial charge in [-0.1, -0.05) is 87.6 Å². The number of carbonyl (C=O) groups excluding carboxylic acids is 2. The van der Waals surface area contributed by atoms with E-state index in [2.05, 4.69) is 39.8 Å². The fraction of sp³-hybridized carbons (Fsp3) is 0.462. The Hall–Kier alpha value is -2.32. The van der Waals surface area contributed by atoms with Crippen molar-refractivity contribution in [3.8, 4) is 0 Å². The van der Waals surface area contributed by atoms with Crippen molar-refractivity contribution in [2.24, 2.45) is 0 Å². The molecule has 0 heterocycles. The number of hydrogen-bond acceptors (Lipinski definition) is 4. The van der Waals surface area contributed by atoms with Crippen LogP contribution in [-0.4, -0.2) is 18.4 Å². The quantitative estimate of drug-likeness (QED) is 0.153. The summed E-state index contributed by atoms with van der Waals surface area (Å²) < 4.78 is 13.7. The molecule has 0 radical (unpaired) electrons. The minimum absolute atomic E-state index is 0.00582. The van der Waals surface area contributed by atoms with E-state index in [1.165, 1.54) is 14.7 Å². The molecule has 168 valence electrons. The number of rotatable bonds is 8. The van der Waals surface area contributed by atoms with Gasteiger partial charge in [-0.3, -0.25) is 9.59 Å². The summed E-state index contributed by atoms with van der Waals surface area (Å²) in [4.78, 5) is 26.5. The van der Waals surface area contributed by atoms with E-state index in [-0.39, 0.29) is 11.2 Å². The van der Waals surface area contributed by atoms with Gasteiger partial charge >= 0.3 is 15.1 Å². The van der Waals surface area contributed by atoms with Crippen molar-refractivity contribution < 1.29 is 18.9 Å². The highest BCUT2D eigenvalue weighted by atomic mass is 31.0. The lowest BCUT2D eigenvalue weighted by molar-refractivity contribution is -0.144. The SMILES string of the molecule is CCCCCOC(=O)C(C(=O)c1c(C)cc(C(C)(C)C)cc1C)c1ccccc1.O=[PH2+]. The maximum Gasteiger partial charge on any atom is 0.321 e. The topological polar surface area (TPSA) is 60.4 Å². The molecule has 2 aromatic carbocycles. The molecular formula is C26H36O4P+. The molecule has 2 aromatic rings. The first-order chi connectivity index (χ1) is 14.7. The van der Waals surface area contributed by atoms with Crippen molar-refractivity contribution in [1.82, 2.24) is 0 Å². The summed E-state index contributed by atoms with van der Waals surface area (Å²) in [6.45, 7) is 12.8. The fourth-order valence-electron chi connectivity index (χ4n) is 3.58. The van der Waals surface area contributed by atoms with Crippen LogP contribution in [0.25, 0.3) is 0 Å². The average Bonchev–Trinajstić information content (AvgIpc) is 2.72. The van der Waals surface area contributed by atoms with Gasteiger partial charge in [0.1, 0.15) is 5.92 Å². The number of hydrogen-bond donors (Lipinski definition) is 0. The van der Waals surface area contributed by atoms with E-state index < -0.39 is 11.9 Å². The molecule has 0 aliphatic rings. The summed E-state index contributed by atoms with van der Waals surface area (Å²) in [7, 11) is 1.17. The van der Waals surface area contributed by atoms with Crippen molar-refractivity contribution in [2.75, 3.05) is 6.61 Å². The Bertz CT molecular complexity index is 846. The number of aryl methyl sites for hydroxylation is 2. The Labute approximate surface area is 189 Å². The Kier molecular flexibility index (Phi) is 10.8. The molecule has 0 aliphatic carbocycles. The van der Waals surface area contributed by atoms with Crippen molar-refractivity contribution in [2.45, 2.75) is 72.1 Å². The van der Waals surface area contributed by atoms with Crippen molar-refractivity contribution in [3.63, 3.8) is 0 Å². The van der Waals surface area contributed by atoms with Gasteiger partial charge in [-0.15, -0.1) is 0 Å². The van der Waals surface area contributed by atoms with Crippen LogP contribution in [0.5, 0.6) is 0 Å². The molecule has 0 bridgehead atoms. The van der Waals surface area contributed by atoms with E-state index in [9.17, 15) is 9.59 Å². The highest BCUT2D eigenvalue weighted by Gasteiger charge is 2.33. The molecule has 0 aliphatic heterocycles. The third-order valence-corrected chi connectivity index (χ3v) is 5.27. The summed E-state index contributed by atoms with van der Waals surface area (Å²) >= 11 is 0. The molecule has 0 saturated heterocycles. The Morgan fingerprint density at radius 3 is 2.00 bits per heavy atom. The van der Waals surface area contributed by atoms with Gasteiger partial charge in [-0.05, 0) is 47.9 Å². The largest absolute Gasteiger partial charge is 0.465 e. The van der Waals surface area contributed by atoms with Crippen molar-refractivity contribution in [3.05, 3.63) is 70.3 Å². The van der Waals surface area contributed by atoms with Crippen LogP contribution in [0.4, 0.5) is 0 Å². The van der Waals surface area contributed by atoms with Gasteiger partial charge in [-0.2, -0.15) is 0 Å². The minimum atomic E-state index is -0.935. The summed E-state index contributed by atoms with van der Waals surface area (Å²) in [5.74, 6) is -1.58. The molecule has 4 nitrogen and oxygen atoms in total. The fourth-order valence-corrected chi connectivity index (χ4v) is 3.58. The number of unbranched alkanes of at least 4 members (excludes halogenated alkanes) is 2. The summed E-state index contributed by atoms with van der Waals surface area (Å²) in [6.07, 6.45) is 2.87. The molecule has 0 fully saturated rings. The second kappa shape index (κ2) is 12.5. The first-order valence-electron chi connectivity index (χ1n) is 10.8. The van der Waals surface area contributed by atoms with Crippen molar-refractivity contribution in [1.29, 1.82) is 0 Å². The van der Waals surface area contributed by atoms with Crippen LogP contribution in [-0.2, 0) is 19.5 Å². The molecule has 2 atom stereocenters. The molecule has 0 spiro atoms. The van der Waals surface area contributed by atoms with Gasteiger partial charge < -0.3 is 4.74 Å². The van der Waals surface area contributed by atoms with Crippen LogP contribution >= 0.6 is 9.12 Å². The second-order valence-electron chi connectivity index (χ2n) is 8.82. The number of Topliss-reactive ketones (excluding diaryl/α,β-unsaturated/α-hetero) is 1. The van der Waals surface area contributed by atoms with Gasteiger partial charge in [0.05, 0.1) is 6.61 Å². The van der Waals surface area contributed by atoms with E-state index in [1.807, 2.05) is 44.2 Å². The van der Waals surface area contributed by atoms with Crippen molar-refractivity contribution >= 4 is 20.9 Å². The first-order valence-corrected chi connectivity index (χ1v) is 11.2. The third kappa shape index (κ3) is 7.40. The summed E-state index contributed by atoms with van der Waals surface area (Å²) in [5, 5.41) is 0. The minimum Gasteiger partial charge on any atom is -0.465 e. The zero-order valence-corrected chi connectivity index (χ0v) is 20.8. The first kappa shape index (κ1) is 26.7. The second-order valence-corrected chi connectivity index (χ2v) is 8.82. The van der Waals surface area contributed by atoms with Crippen LogP contribution in [0.3, 0.4) is 0 Å². The summed E-state index contributed by atoms with van der Waals surface area (Å²) in [6, 6.07) is 13.4. The zero-order valence-electron chi connectivity index (χ0n) is 19.7. The molecule has 5 heteroatoms. The van der Waals surface area contributed by atoms with Gasteiger partial charge in [-0.25, -0.2) is 0 Å². The monoisotopic (exact) mass is 443 g/mol. The predicted octanol–water partition coefficient (Wildman–Crippen LogP) is 6.51. The van der Waals surface area contributed by atoms with Crippen LogP contribution < -0.4 is 0 Å². The number of carbonyl (C=O) groups is 2. The smallest absolute Gasteiger partial charge is 0.321 e. The highest BCUT2D eigenvalue weighted by molar-refractivity contribution is 7.00. The molecule has 0 N–H and O–H groups in total. The zero-order chi connectivity index (χ0) is 23.6. The lowest BCUT2D eigenvalue weighted by Gasteiger charge is -2.23. The van der Waals surface area contributed by atoms with E-state index in [0.717, 1.165) is 30.4 Å². The molecule has 0 aromatic heterocycles. The summed E-state index contributed by atoms with van der Waals surface area (Å²) in [5.41, 5.74) is 4.28. The number of ether oxygens (including phenoxy) is 1. The maximum atomic E-state index is 13.6. The normalized spacial score (nSPS) is 11.8. The van der Waals surface area contributed by atoms with E-state index in [0.29, 0.717) is 17.7 Å².